The van der Waals surface area contributed by atoms with Gasteiger partial charge in [-0.3, -0.25) is 0 Å². The summed E-state index contributed by atoms with van der Waals surface area (Å²) in [6.45, 7) is 6.12. The van der Waals surface area contributed by atoms with E-state index in [-0.39, 0.29) is 12.4 Å². The topological polar surface area (TPSA) is 21.3 Å². The zero-order valence-corrected chi connectivity index (χ0v) is 6.54. The van der Waals surface area contributed by atoms with Gasteiger partial charge in [0.15, 0.2) is 0 Å². The molecule has 1 unspecified atom stereocenters. The average molecular weight is 152 g/mol. The fourth-order valence-corrected chi connectivity index (χ4v) is 0.836. The van der Waals surface area contributed by atoms with Crippen molar-refractivity contribution < 1.29 is 4.74 Å². The number of ether oxygens (including phenoxy) is 1. The zero-order chi connectivity index (χ0) is 5.82. The lowest BCUT2D eigenvalue weighted by atomic mass is 10.2. The number of hydrogen-bond acceptors (Lipinski definition) is 2. The van der Waals surface area contributed by atoms with E-state index in [1.807, 2.05) is 0 Å². The van der Waals surface area contributed by atoms with Crippen LogP contribution in [0, 0.1) is 5.92 Å². The summed E-state index contributed by atoms with van der Waals surface area (Å²) >= 11 is 0. The summed E-state index contributed by atoms with van der Waals surface area (Å²) in [5, 5.41) is 3.27. The molecule has 2 nitrogen and oxygen atoms in total. The fraction of sp³-hybridized carbons (Fsp3) is 1.00. The van der Waals surface area contributed by atoms with E-state index in [1.165, 1.54) is 0 Å². The lowest BCUT2D eigenvalue weighted by Crippen LogP contribution is -2.20. The van der Waals surface area contributed by atoms with Gasteiger partial charge in [0.1, 0.15) is 0 Å². The van der Waals surface area contributed by atoms with Gasteiger partial charge in [-0.1, -0.05) is 6.92 Å². The Morgan fingerprint density at radius 1 is 1.56 bits per heavy atom. The lowest BCUT2D eigenvalue weighted by Gasteiger charge is -2.03. The van der Waals surface area contributed by atoms with Gasteiger partial charge in [-0.25, -0.2) is 0 Å². The van der Waals surface area contributed by atoms with Crippen molar-refractivity contribution in [3.8, 4) is 0 Å². The van der Waals surface area contributed by atoms with Crippen molar-refractivity contribution in [3.05, 3.63) is 0 Å². The Kier molecular flexibility index (Phi) is 5.15. The van der Waals surface area contributed by atoms with Crippen molar-refractivity contribution in [2.45, 2.75) is 6.92 Å². The van der Waals surface area contributed by atoms with Crippen LogP contribution in [0.5, 0.6) is 0 Å². The van der Waals surface area contributed by atoms with Crippen LogP contribution >= 0.6 is 12.4 Å². The predicted molar refractivity (Wildman–Crippen MR) is 40.1 cm³/mol. The van der Waals surface area contributed by atoms with Crippen molar-refractivity contribution in [3.63, 3.8) is 0 Å². The molecule has 56 valence electrons. The van der Waals surface area contributed by atoms with Gasteiger partial charge in [0.05, 0.1) is 13.2 Å². The molecule has 1 fully saturated rings. The first-order valence-corrected chi connectivity index (χ1v) is 3.18. The maximum absolute atomic E-state index is 5.24. The van der Waals surface area contributed by atoms with Crippen LogP contribution in [-0.2, 0) is 4.74 Å². The zero-order valence-electron chi connectivity index (χ0n) is 5.72. The molecule has 9 heavy (non-hydrogen) atoms. The van der Waals surface area contributed by atoms with Gasteiger partial charge >= 0.3 is 0 Å². The number of hydrogen-bond donors (Lipinski definition) is 1. The summed E-state index contributed by atoms with van der Waals surface area (Å²) in [7, 11) is 0. The molecule has 1 aliphatic heterocycles. The first-order chi connectivity index (χ1) is 3.89. The van der Waals surface area contributed by atoms with E-state index in [4.69, 9.17) is 4.74 Å². The third-order valence-electron chi connectivity index (χ3n) is 1.32. The lowest BCUT2D eigenvalue weighted by molar-refractivity contribution is 0.128. The molecule has 0 aromatic rings. The smallest absolute Gasteiger partial charge is 0.0591 e. The van der Waals surface area contributed by atoms with Gasteiger partial charge in [0.2, 0.25) is 0 Å². The Hall–Kier alpha value is 0.210. The molecule has 0 aromatic carbocycles. The van der Waals surface area contributed by atoms with E-state index < -0.39 is 0 Å². The fourth-order valence-electron chi connectivity index (χ4n) is 0.836. The molecule has 3 heteroatoms. The van der Waals surface area contributed by atoms with Gasteiger partial charge in [-0.15, -0.1) is 12.4 Å². The van der Waals surface area contributed by atoms with Gasteiger partial charge in [-0.05, 0) is 12.5 Å². The Bertz CT molecular complexity index is 62.1. The van der Waals surface area contributed by atoms with Gasteiger partial charge in [-0.2, -0.15) is 0 Å². The molecule has 1 rings (SSSR count). The highest BCUT2D eigenvalue weighted by atomic mass is 35.5. The van der Waals surface area contributed by atoms with E-state index in [9.17, 15) is 0 Å². The molecule has 0 saturated carbocycles. The largest absolute Gasteiger partial charge is 0.380 e. The molecule has 1 saturated heterocycles. The maximum atomic E-state index is 5.24. The third-order valence-corrected chi connectivity index (χ3v) is 1.32. The number of halogens is 1. The van der Waals surface area contributed by atoms with E-state index in [2.05, 4.69) is 12.2 Å². The molecule has 1 N–H and O–H groups in total. The molecular formula is C6H14ClNO. The molecule has 0 radical (unpaired) electrons. The highest BCUT2D eigenvalue weighted by molar-refractivity contribution is 5.85. The predicted octanol–water partition coefficient (Wildman–Crippen LogP) is 0.664. The van der Waals surface area contributed by atoms with Crippen LogP contribution in [-0.4, -0.2) is 26.3 Å². The molecule has 1 heterocycles. The summed E-state index contributed by atoms with van der Waals surface area (Å²) in [6, 6.07) is 0. The summed E-state index contributed by atoms with van der Waals surface area (Å²) in [5.41, 5.74) is 0. The van der Waals surface area contributed by atoms with Crippen LogP contribution in [0.1, 0.15) is 6.92 Å². The van der Waals surface area contributed by atoms with Gasteiger partial charge in [0.25, 0.3) is 0 Å². The first-order valence-electron chi connectivity index (χ1n) is 3.18. The van der Waals surface area contributed by atoms with Crippen LogP contribution in [0.3, 0.4) is 0 Å². The highest BCUT2D eigenvalue weighted by Gasteiger charge is 2.04. The Morgan fingerprint density at radius 2 is 2.33 bits per heavy atom. The number of rotatable bonds is 0. The van der Waals surface area contributed by atoms with Gasteiger partial charge < -0.3 is 10.1 Å². The van der Waals surface area contributed by atoms with Crippen molar-refractivity contribution in [2.24, 2.45) is 5.92 Å². The second-order valence-corrected chi connectivity index (χ2v) is 2.38. The minimum Gasteiger partial charge on any atom is -0.380 e. The van der Waals surface area contributed by atoms with Crippen LogP contribution in [0.2, 0.25) is 0 Å². The highest BCUT2D eigenvalue weighted by Crippen LogP contribution is 1.95. The molecule has 0 aliphatic carbocycles. The second-order valence-electron chi connectivity index (χ2n) is 2.38. The summed E-state index contributed by atoms with van der Waals surface area (Å²) in [5.74, 6) is 0.692. The van der Waals surface area contributed by atoms with E-state index in [1.54, 1.807) is 0 Å². The third kappa shape index (κ3) is 3.73. The van der Waals surface area contributed by atoms with E-state index >= 15 is 0 Å². The van der Waals surface area contributed by atoms with E-state index in [0.29, 0.717) is 5.92 Å². The van der Waals surface area contributed by atoms with Crippen molar-refractivity contribution in [1.29, 1.82) is 0 Å². The average Bonchev–Trinajstić information content (AvgIpc) is 1.94. The molecule has 1 atom stereocenters. The monoisotopic (exact) mass is 151 g/mol. The van der Waals surface area contributed by atoms with Crippen LogP contribution < -0.4 is 5.32 Å². The Morgan fingerprint density at radius 3 is 3.11 bits per heavy atom. The van der Waals surface area contributed by atoms with Crippen molar-refractivity contribution in [2.75, 3.05) is 26.3 Å². The first kappa shape index (κ1) is 9.21. The minimum atomic E-state index is 0. The molecular weight excluding hydrogens is 138 g/mol. The van der Waals surface area contributed by atoms with Crippen LogP contribution in [0.4, 0.5) is 0 Å². The summed E-state index contributed by atoms with van der Waals surface area (Å²) in [4.78, 5) is 0. The normalized spacial score (nSPS) is 28.3. The van der Waals surface area contributed by atoms with Crippen LogP contribution in [0.15, 0.2) is 0 Å². The van der Waals surface area contributed by atoms with Crippen LogP contribution in [0.25, 0.3) is 0 Å². The Balaban J connectivity index is 0.000000640. The maximum Gasteiger partial charge on any atom is 0.0591 e. The standard InChI is InChI=1S/C6H13NO.ClH/c1-6-4-7-2-3-8-5-6;/h6-7H,2-5H2,1H3;1H. The molecule has 0 amide bonds. The second kappa shape index (κ2) is 5.03. The molecule has 0 aromatic heterocycles. The van der Waals surface area contributed by atoms with E-state index in [0.717, 1.165) is 26.3 Å². The SMILES string of the molecule is CC1CNCCOC1.Cl. The summed E-state index contributed by atoms with van der Waals surface area (Å²) < 4.78 is 5.24. The molecule has 1 aliphatic rings. The minimum absolute atomic E-state index is 0. The Labute approximate surface area is 62.4 Å². The quantitative estimate of drug-likeness (QED) is 0.550. The molecule has 0 bridgehead atoms. The van der Waals surface area contributed by atoms with Crippen molar-refractivity contribution >= 4 is 12.4 Å². The number of nitrogens with one attached hydrogen (secondary N) is 1. The van der Waals surface area contributed by atoms with Crippen molar-refractivity contribution in [1.82, 2.24) is 5.32 Å². The summed E-state index contributed by atoms with van der Waals surface area (Å²) in [6.07, 6.45) is 0. The van der Waals surface area contributed by atoms with Gasteiger partial charge in [0, 0.05) is 6.54 Å². The molecule has 0 spiro atoms.